The number of carbonyl (C=O) groups excluding carboxylic acids is 1. The van der Waals surface area contributed by atoms with Gasteiger partial charge in [0.25, 0.3) is 0 Å². The van der Waals surface area contributed by atoms with E-state index in [4.69, 9.17) is 5.11 Å². The van der Waals surface area contributed by atoms with Crippen LogP contribution in [-0.2, 0) is 22.4 Å². The fourth-order valence-corrected chi connectivity index (χ4v) is 1.74. The van der Waals surface area contributed by atoms with Crippen molar-refractivity contribution in [1.29, 1.82) is 0 Å². The minimum absolute atomic E-state index is 0.214. The van der Waals surface area contributed by atoms with Crippen molar-refractivity contribution in [3.63, 3.8) is 0 Å². The molecule has 0 saturated carbocycles. The zero-order chi connectivity index (χ0) is 14.3. The van der Waals surface area contributed by atoms with Gasteiger partial charge in [0.05, 0.1) is 6.42 Å². The average Bonchev–Trinajstić information content (AvgIpc) is 2.37. The number of hydrogen-bond acceptors (Lipinski definition) is 2. The zero-order valence-electron chi connectivity index (χ0n) is 11.5. The number of carbonyl (C=O) groups is 2. The Bertz CT molecular complexity index is 426. The summed E-state index contributed by atoms with van der Waals surface area (Å²) in [6.07, 6.45) is 3.60. The van der Waals surface area contributed by atoms with E-state index in [1.54, 1.807) is 0 Å². The first-order valence-corrected chi connectivity index (χ1v) is 6.63. The Hall–Kier alpha value is -1.84. The lowest BCUT2D eigenvalue weighted by atomic mass is 10.0. The molecule has 4 nitrogen and oxygen atoms in total. The summed E-state index contributed by atoms with van der Waals surface area (Å²) in [4.78, 5) is 22.2. The standard InChI is InChI=1S/C15H21NO3/c1-3-4-5-12-6-8-13(9-7-12)10-14(17)16-11(2)15(18)19/h6-9,11H,3-5,10H2,1-2H3,(H,16,17)(H,18,19). The monoisotopic (exact) mass is 263 g/mol. The summed E-state index contributed by atoms with van der Waals surface area (Å²) >= 11 is 0. The number of aliphatic carboxylic acids is 1. The van der Waals surface area contributed by atoms with Crippen LogP contribution in [0.2, 0.25) is 0 Å². The Labute approximate surface area is 113 Å². The van der Waals surface area contributed by atoms with Gasteiger partial charge >= 0.3 is 5.97 Å². The highest BCUT2D eigenvalue weighted by Gasteiger charge is 2.13. The first-order valence-electron chi connectivity index (χ1n) is 6.63. The third kappa shape index (κ3) is 5.55. The van der Waals surface area contributed by atoms with E-state index < -0.39 is 12.0 Å². The molecule has 1 unspecified atom stereocenters. The number of hydrogen-bond donors (Lipinski definition) is 2. The van der Waals surface area contributed by atoms with Crippen LogP contribution in [0.4, 0.5) is 0 Å². The van der Waals surface area contributed by atoms with E-state index >= 15 is 0 Å². The second-order valence-electron chi connectivity index (χ2n) is 4.72. The van der Waals surface area contributed by atoms with Gasteiger partial charge in [-0.15, -0.1) is 0 Å². The van der Waals surface area contributed by atoms with Gasteiger partial charge in [-0.1, -0.05) is 37.6 Å². The van der Waals surface area contributed by atoms with Crippen LogP contribution < -0.4 is 5.32 Å². The number of carboxylic acid groups (broad SMARTS) is 1. The number of unbranched alkanes of at least 4 members (excludes halogenated alkanes) is 1. The molecule has 104 valence electrons. The van der Waals surface area contributed by atoms with Crippen molar-refractivity contribution in [2.75, 3.05) is 0 Å². The molecule has 0 saturated heterocycles. The lowest BCUT2D eigenvalue weighted by Gasteiger charge is -2.09. The highest BCUT2D eigenvalue weighted by molar-refractivity contribution is 5.84. The number of carboxylic acids is 1. The fraction of sp³-hybridized carbons (Fsp3) is 0.467. The highest BCUT2D eigenvalue weighted by atomic mass is 16.4. The maximum absolute atomic E-state index is 11.6. The molecule has 4 heteroatoms. The van der Waals surface area contributed by atoms with Gasteiger partial charge in [0, 0.05) is 0 Å². The van der Waals surface area contributed by atoms with Gasteiger partial charge in [-0.2, -0.15) is 0 Å². The molecule has 1 aromatic rings. The van der Waals surface area contributed by atoms with Crippen molar-refractivity contribution in [3.8, 4) is 0 Å². The summed E-state index contributed by atoms with van der Waals surface area (Å²) in [5, 5.41) is 11.1. The van der Waals surface area contributed by atoms with Crippen LogP contribution in [0.1, 0.15) is 37.8 Å². The van der Waals surface area contributed by atoms with E-state index in [-0.39, 0.29) is 12.3 Å². The van der Waals surface area contributed by atoms with Gasteiger partial charge in [-0.3, -0.25) is 9.59 Å². The Kier molecular flexibility index (Phi) is 6.06. The quantitative estimate of drug-likeness (QED) is 0.792. The van der Waals surface area contributed by atoms with Crippen molar-refractivity contribution in [2.45, 2.75) is 45.6 Å². The van der Waals surface area contributed by atoms with Crippen LogP contribution >= 0.6 is 0 Å². The number of nitrogens with one attached hydrogen (secondary N) is 1. The van der Waals surface area contributed by atoms with E-state index in [0.29, 0.717) is 0 Å². The third-order valence-corrected chi connectivity index (χ3v) is 2.95. The SMILES string of the molecule is CCCCc1ccc(CC(=O)NC(C)C(=O)O)cc1. The molecule has 1 aromatic carbocycles. The van der Waals surface area contributed by atoms with Crippen LogP contribution in [0.5, 0.6) is 0 Å². The van der Waals surface area contributed by atoms with E-state index in [1.165, 1.54) is 12.5 Å². The number of rotatable bonds is 7. The normalized spacial score (nSPS) is 11.9. The second-order valence-corrected chi connectivity index (χ2v) is 4.72. The molecule has 0 radical (unpaired) electrons. The van der Waals surface area contributed by atoms with Crippen LogP contribution in [0.15, 0.2) is 24.3 Å². The van der Waals surface area contributed by atoms with Gasteiger partial charge in [0.1, 0.15) is 6.04 Å². The van der Waals surface area contributed by atoms with Crippen LogP contribution in [-0.4, -0.2) is 23.0 Å². The highest BCUT2D eigenvalue weighted by Crippen LogP contribution is 2.08. The summed E-state index contributed by atoms with van der Waals surface area (Å²) in [6.45, 7) is 3.61. The van der Waals surface area contributed by atoms with Crippen molar-refractivity contribution >= 4 is 11.9 Å². The number of amides is 1. The second kappa shape index (κ2) is 7.56. The molecule has 0 spiro atoms. The number of aryl methyl sites for hydroxylation is 1. The van der Waals surface area contributed by atoms with E-state index in [0.717, 1.165) is 24.8 Å². The van der Waals surface area contributed by atoms with Crippen LogP contribution in [0, 0.1) is 0 Å². The van der Waals surface area contributed by atoms with Gasteiger partial charge in [0.2, 0.25) is 5.91 Å². The van der Waals surface area contributed by atoms with Crippen molar-refractivity contribution in [1.82, 2.24) is 5.32 Å². The van der Waals surface area contributed by atoms with E-state index in [1.807, 2.05) is 24.3 Å². The first kappa shape index (κ1) is 15.2. The maximum atomic E-state index is 11.6. The minimum Gasteiger partial charge on any atom is -0.480 e. The van der Waals surface area contributed by atoms with E-state index in [9.17, 15) is 9.59 Å². The molecule has 0 heterocycles. The van der Waals surface area contributed by atoms with Gasteiger partial charge in [0.15, 0.2) is 0 Å². The smallest absolute Gasteiger partial charge is 0.325 e. The number of benzene rings is 1. The summed E-state index contributed by atoms with van der Waals surface area (Å²) in [5.41, 5.74) is 2.17. The Morgan fingerprint density at radius 1 is 1.21 bits per heavy atom. The van der Waals surface area contributed by atoms with Crippen molar-refractivity contribution < 1.29 is 14.7 Å². The molecule has 0 aromatic heterocycles. The molecular formula is C15H21NO3. The van der Waals surface area contributed by atoms with Crippen LogP contribution in [0.3, 0.4) is 0 Å². The zero-order valence-corrected chi connectivity index (χ0v) is 11.5. The summed E-state index contributed by atoms with van der Waals surface area (Å²) in [7, 11) is 0. The maximum Gasteiger partial charge on any atom is 0.325 e. The molecule has 1 rings (SSSR count). The molecule has 0 aliphatic rings. The van der Waals surface area contributed by atoms with Crippen molar-refractivity contribution in [2.24, 2.45) is 0 Å². The topological polar surface area (TPSA) is 66.4 Å². The van der Waals surface area contributed by atoms with Gasteiger partial charge in [-0.25, -0.2) is 0 Å². The Morgan fingerprint density at radius 3 is 2.32 bits per heavy atom. The molecule has 2 N–H and O–H groups in total. The molecule has 1 amide bonds. The van der Waals surface area contributed by atoms with Crippen LogP contribution in [0.25, 0.3) is 0 Å². The van der Waals surface area contributed by atoms with Gasteiger partial charge < -0.3 is 10.4 Å². The molecule has 0 aliphatic carbocycles. The predicted octanol–water partition coefficient (Wildman–Crippen LogP) is 2.16. The van der Waals surface area contributed by atoms with E-state index in [2.05, 4.69) is 12.2 Å². The average molecular weight is 263 g/mol. The first-order chi connectivity index (χ1) is 9.02. The summed E-state index contributed by atoms with van der Waals surface area (Å²) < 4.78 is 0. The molecule has 0 fully saturated rings. The molecule has 19 heavy (non-hydrogen) atoms. The molecule has 1 atom stereocenters. The molecular weight excluding hydrogens is 242 g/mol. The molecule has 0 aliphatic heterocycles. The summed E-state index contributed by atoms with van der Waals surface area (Å²) in [6, 6.07) is 7.06. The molecule has 0 bridgehead atoms. The predicted molar refractivity (Wildman–Crippen MR) is 74.0 cm³/mol. The van der Waals surface area contributed by atoms with Gasteiger partial charge in [-0.05, 0) is 30.9 Å². The Balaban J connectivity index is 2.48. The lowest BCUT2D eigenvalue weighted by molar-refractivity contribution is -0.141. The summed E-state index contributed by atoms with van der Waals surface area (Å²) in [5.74, 6) is -1.29. The lowest BCUT2D eigenvalue weighted by Crippen LogP contribution is -2.39. The fourth-order valence-electron chi connectivity index (χ4n) is 1.74. The minimum atomic E-state index is -1.02. The van der Waals surface area contributed by atoms with Crippen molar-refractivity contribution in [3.05, 3.63) is 35.4 Å². The Morgan fingerprint density at radius 2 is 1.79 bits per heavy atom. The largest absolute Gasteiger partial charge is 0.480 e. The third-order valence-electron chi connectivity index (χ3n) is 2.95.